The third-order valence-corrected chi connectivity index (χ3v) is 10.2. The Labute approximate surface area is 275 Å². The van der Waals surface area contributed by atoms with Crippen LogP contribution in [-0.4, -0.2) is 54.8 Å². The van der Waals surface area contributed by atoms with Crippen molar-refractivity contribution >= 4 is 38.9 Å². The topological polar surface area (TPSA) is 81.8 Å². The van der Waals surface area contributed by atoms with Gasteiger partial charge in [0.2, 0.25) is 10.0 Å². The van der Waals surface area contributed by atoms with Crippen molar-refractivity contribution in [2.45, 2.75) is 10.9 Å². The molecule has 2 N–H and O–H groups in total. The molecule has 0 bridgehead atoms. The minimum Gasteiger partial charge on any atom is -0.332 e. The zero-order valence-corrected chi connectivity index (χ0v) is 26.8. The average Bonchev–Trinajstić information content (AvgIpc) is 3.10. The van der Waals surface area contributed by atoms with Crippen LogP contribution in [0.2, 0.25) is 0 Å². The Kier molecular flexibility index (Phi) is 9.65. The normalized spacial score (nSPS) is 14.1. The molecule has 1 aliphatic heterocycles. The first-order valence-electron chi connectivity index (χ1n) is 15.1. The van der Waals surface area contributed by atoms with Gasteiger partial charge in [0.15, 0.2) is 5.11 Å². The molecule has 7 nitrogen and oxygen atoms in total. The van der Waals surface area contributed by atoms with E-state index in [2.05, 4.69) is 39.8 Å². The van der Waals surface area contributed by atoms with E-state index in [1.54, 1.807) is 40.7 Å². The highest BCUT2D eigenvalue weighted by molar-refractivity contribution is 7.89. The number of hydrogen-bond acceptors (Lipinski definition) is 5. The fourth-order valence-corrected chi connectivity index (χ4v) is 7.36. The molecule has 6 rings (SSSR count). The van der Waals surface area contributed by atoms with Gasteiger partial charge >= 0.3 is 0 Å². The predicted octanol–water partition coefficient (Wildman–Crippen LogP) is 6.58. The maximum Gasteiger partial charge on any atom is 0.257 e. The van der Waals surface area contributed by atoms with E-state index in [4.69, 9.17) is 12.2 Å². The lowest BCUT2D eigenvalue weighted by atomic mass is 9.96. The van der Waals surface area contributed by atoms with Crippen molar-refractivity contribution in [3.63, 3.8) is 0 Å². The second-order valence-corrected chi connectivity index (χ2v) is 13.4. The summed E-state index contributed by atoms with van der Waals surface area (Å²) < 4.78 is 28.7. The number of hydrogen-bond donors (Lipinski definition) is 2. The summed E-state index contributed by atoms with van der Waals surface area (Å²) >= 11 is 5.35. The van der Waals surface area contributed by atoms with Crippen LogP contribution < -0.4 is 10.6 Å². The standard InChI is InChI=1S/C37H34N4O3S2/c42-36(32-18-16-29(17-19-32)28-10-4-1-5-11-28)39-37(45)38-33-20-22-34(23-21-33)46(43,44)41-26-24-40(25-27-41)35(30-12-6-2-7-13-30)31-14-8-3-9-15-31/h1-23,35H,24-27H2,(H2,38,39,42,45). The summed E-state index contributed by atoms with van der Waals surface area (Å²) in [6.45, 7) is 1.99. The van der Waals surface area contributed by atoms with Gasteiger partial charge in [-0.1, -0.05) is 103 Å². The van der Waals surface area contributed by atoms with Crippen LogP contribution >= 0.6 is 12.2 Å². The van der Waals surface area contributed by atoms with Gasteiger partial charge in [-0.15, -0.1) is 0 Å². The van der Waals surface area contributed by atoms with Gasteiger partial charge < -0.3 is 5.32 Å². The number of thiocarbonyl (C=S) groups is 1. The molecule has 0 unspecified atom stereocenters. The summed E-state index contributed by atoms with van der Waals surface area (Å²) in [5.41, 5.74) is 5.50. The fourth-order valence-electron chi connectivity index (χ4n) is 5.73. The summed E-state index contributed by atoms with van der Waals surface area (Å²) in [6.07, 6.45) is 0. The van der Waals surface area contributed by atoms with Crippen LogP contribution in [0.3, 0.4) is 0 Å². The first kappa shape index (κ1) is 31.3. The summed E-state index contributed by atoms with van der Waals surface area (Å²) in [5, 5.41) is 5.78. The number of nitrogens with zero attached hydrogens (tertiary/aromatic N) is 2. The lowest BCUT2D eigenvalue weighted by Crippen LogP contribution is -2.49. The van der Waals surface area contributed by atoms with E-state index in [0.29, 0.717) is 37.4 Å². The van der Waals surface area contributed by atoms with Gasteiger partial charge in [-0.2, -0.15) is 4.31 Å². The maximum absolute atomic E-state index is 13.6. The van der Waals surface area contributed by atoms with Crippen LogP contribution in [0.15, 0.2) is 144 Å². The smallest absolute Gasteiger partial charge is 0.257 e. The van der Waals surface area contributed by atoms with Crippen LogP contribution in [0, 0.1) is 0 Å². The molecule has 46 heavy (non-hydrogen) atoms. The highest BCUT2D eigenvalue weighted by Gasteiger charge is 2.32. The van der Waals surface area contributed by atoms with Crippen LogP contribution in [-0.2, 0) is 10.0 Å². The Hall–Kier alpha value is -4.67. The number of amides is 1. The van der Waals surface area contributed by atoms with Crippen LogP contribution in [0.5, 0.6) is 0 Å². The molecule has 0 spiro atoms. The Balaban J connectivity index is 1.05. The second-order valence-electron chi connectivity index (χ2n) is 11.0. The SMILES string of the molecule is O=C(NC(=S)Nc1ccc(S(=O)(=O)N2CCN(C(c3ccccc3)c3ccccc3)CC2)cc1)c1ccc(-c2ccccc2)cc1. The van der Waals surface area contributed by atoms with Gasteiger partial charge in [0.1, 0.15) is 0 Å². The van der Waals surface area contributed by atoms with Gasteiger partial charge in [0.25, 0.3) is 5.91 Å². The largest absolute Gasteiger partial charge is 0.332 e. The van der Waals surface area contributed by atoms with E-state index in [0.717, 1.165) is 11.1 Å². The predicted molar refractivity (Wildman–Crippen MR) is 187 cm³/mol. The number of carbonyl (C=O) groups excluding carboxylic acids is 1. The molecule has 0 aliphatic carbocycles. The third-order valence-electron chi connectivity index (χ3n) is 8.10. The molecule has 1 saturated heterocycles. The molecule has 0 radical (unpaired) electrons. The molecule has 0 atom stereocenters. The molecule has 1 aliphatic rings. The average molecular weight is 647 g/mol. The molecule has 5 aromatic rings. The van der Waals surface area contributed by atoms with Gasteiger partial charge in [-0.05, 0) is 70.9 Å². The van der Waals surface area contributed by atoms with E-state index in [9.17, 15) is 13.2 Å². The van der Waals surface area contributed by atoms with E-state index < -0.39 is 10.0 Å². The number of benzene rings is 5. The number of anilines is 1. The molecule has 232 valence electrons. The minimum atomic E-state index is -3.69. The first-order valence-corrected chi connectivity index (χ1v) is 17.0. The van der Waals surface area contributed by atoms with Gasteiger partial charge in [-0.3, -0.25) is 15.0 Å². The Morgan fingerprint density at radius 3 is 1.67 bits per heavy atom. The number of nitrogens with one attached hydrogen (secondary N) is 2. The van der Waals surface area contributed by atoms with Crippen molar-refractivity contribution in [2.75, 3.05) is 31.5 Å². The number of piperazine rings is 1. The fraction of sp³-hybridized carbons (Fsp3) is 0.135. The molecule has 0 saturated carbocycles. The highest BCUT2D eigenvalue weighted by Crippen LogP contribution is 2.30. The molecular formula is C37H34N4O3S2. The van der Waals surface area contributed by atoms with Gasteiger partial charge in [0, 0.05) is 37.4 Å². The lowest BCUT2D eigenvalue weighted by molar-refractivity contribution is 0.0977. The van der Waals surface area contributed by atoms with Crippen molar-refractivity contribution < 1.29 is 13.2 Å². The summed E-state index contributed by atoms with van der Waals surface area (Å²) in [7, 11) is -3.69. The van der Waals surface area contributed by atoms with E-state index in [1.165, 1.54) is 11.1 Å². The molecule has 0 aromatic heterocycles. The van der Waals surface area contributed by atoms with Crippen LogP contribution in [0.4, 0.5) is 5.69 Å². The zero-order chi connectivity index (χ0) is 31.9. The summed E-state index contributed by atoms with van der Waals surface area (Å²) in [6, 6.07) is 44.3. The molecule has 1 heterocycles. The minimum absolute atomic E-state index is 0.0515. The van der Waals surface area contributed by atoms with Crippen molar-refractivity contribution in [1.82, 2.24) is 14.5 Å². The van der Waals surface area contributed by atoms with Crippen molar-refractivity contribution in [3.05, 3.63) is 156 Å². The van der Waals surface area contributed by atoms with Crippen molar-refractivity contribution in [3.8, 4) is 11.1 Å². The van der Waals surface area contributed by atoms with E-state index >= 15 is 0 Å². The van der Waals surface area contributed by atoms with Crippen molar-refractivity contribution in [1.29, 1.82) is 0 Å². The lowest BCUT2D eigenvalue weighted by Gasteiger charge is -2.39. The van der Waals surface area contributed by atoms with Gasteiger partial charge in [-0.25, -0.2) is 8.42 Å². The van der Waals surface area contributed by atoms with E-state index in [-0.39, 0.29) is 22.0 Å². The molecule has 1 amide bonds. The van der Waals surface area contributed by atoms with Gasteiger partial charge in [0.05, 0.1) is 10.9 Å². The Morgan fingerprint density at radius 2 is 1.13 bits per heavy atom. The third kappa shape index (κ3) is 7.24. The molecule has 5 aromatic carbocycles. The van der Waals surface area contributed by atoms with E-state index in [1.807, 2.05) is 78.9 Å². The summed E-state index contributed by atoms with van der Waals surface area (Å²) in [5.74, 6) is -0.336. The van der Waals surface area contributed by atoms with Crippen LogP contribution in [0.1, 0.15) is 27.5 Å². The molecule has 1 fully saturated rings. The Morgan fingerprint density at radius 1 is 0.630 bits per heavy atom. The Bertz CT molecular complexity index is 1840. The van der Waals surface area contributed by atoms with Crippen LogP contribution in [0.25, 0.3) is 11.1 Å². The number of carbonyl (C=O) groups is 1. The van der Waals surface area contributed by atoms with Crippen molar-refractivity contribution in [2.24, 2.45) is 0 Å². The molecular weight excluding hydrogens is 613 g/mol. The maximum atomic E-state index is 13.6. The monoisotopic (exact) mass is 646 g/mol. The quantitative estimate of drug-likeness (QED) is 0.186. The summed E-state index contributed by atoms with van der Waals surface area (Å²) in [4.78, 5) is 15.3. The second kappa shape index (κ2) is 14.2. The number of sulfonamides is 1. The number of rotatable bonds is 8. The highest BCUT2D eigenvalue weighted by atomic mass is 32.2. The first-order chi connectivity index (χ1) is 22.4. The zero-order valence-electron chi connectivity index (χ0n) is 25.1. The molecule has 9 heteroatoms.